The second-order valence-corrected chi connectivity index (χ2v) is 3.71. The highest BCUT2D eigenvalue weighted by atomic mass is 16.5. The number of benzene rings is 1. The summed E-state index contributed by atoms with van der Waals surface area (Å²) < 4.78 is 9.96. The summed E-state index contributed by atoms with van der Waals surface area (Å²) >= 11 is 0. The second-order valence-electron chi connectivity index (χ2n) is 3.71. The van der Waals surface area contributed by atoms with E-state index in [9.17, 15) is 4.79 Å². The summed E-state index contributed by atoms with van der Waals surface area (Å²) in [6.07, 6.45) is 1.79. The molecule has 0 bridgehead atoms. The highest BCUT2D eigenvalue weighted by Crippen LogP contribution is 2.10. The molecule has 0 unspecified atom stereocenters. The number of carbonyl (C=O) groups excluding carboxylic acids is 1. The van der Waals surface area contributed by atoms with Gasteiger partial charge < -0.3 is 9.47 Å². The van der Waals surface area contributed by atoms with Crippen LogP contribution in [0.5, 0.6) is 0 Å². The number of hydrogen-bond acceptors (Lipinski definition) is 3. The number of hydrogen-bond donors (Lipinski definition) is 0. The molecule has 1 aromatic carbocycles. The fourth-order valence-electron chi connectivity index (χ4n) is 1.37. The lowest BCUT2D eigenvalue weighted by molar-refractivity contribution is -0.136. The Morgan fingerprint density at radius 2 is 1.94 bits per heavy atom. The third-order valence-electron chi connectivity index (χ3n) is 2.33. The Morgan fingerprint density at radius 3 is 2.47 bits per heavy atom. The zero-order valence-electron chi connectivity index (χ0n) is 10.5. The molecule has 0 aromatic heterocycles. The van der Waals surface area contributed by atoms with Gasteiger partial charge in [-0.05, 0) is 25.5 Å². The summed E-state index contributed by atoms with van der Waals surface area (Å²) in [6.45, 7) is 4.76. The van der Waals surface area contributed by atoms with Crippen LogP contribution in [0.2, 0.25) is 0 Å². The maximum absolute atomic E-state index is 11.5. The molecule has 92 valence electrons. The van der Waals surface area contributed by atoms with Crippen LogP contribution in [0.25, 0.3) is 6.08 Å². The third kappa shape index (κ3) is 4.41. The van der Waals surface area contributed by atoms with Gasteiger partial charge in [-0.25, -0.2) is 4.79 Å². The number of ether oxygens (including phenoxy) is 2. The molecule has 3 heteroatoms. The van der Waals surface area contributed by atoms with Crippen LogP contribution in [0.1, 0.15) is 18.1 Å². The average molecular weight is 234 g/mol. The van der Waals surface area contributed by atoms with E-state index in [1.54, 1.807) is 6.08 Å². The molecule has 17 heavy (non-hydrogen) atoms. The van der Waals surface area contributed by atoms with Crippen LogP contribution in [0.4, 0.5) is 0 Å². The molecule has 0 fully saturated rings. The first-order valence-electron chi connectivity index (χ1n) is 5.60. The highest BCUT2D eigenvalue weighted by Gasteiger charge is 2.09. The summed E-state index contributed by atoms with van der Waals surface area (Å²) in [5, 5.41) is 0. The van der Waals surface area contributed by atoms with Crippen LogP contribution >= 0.6 is 0 Å². The largest absolute Gasteiger partial charge is 0.466 e. The van der Waals surface area contributed by atoms with Gasteiger partial charge in [0.2, 0.25) is 0 Å². The lowest BCUT2D eigenvalue weighted by Crippen LogP contribution is -2.10. The van der Waals surface area contributed by atoms with E-state index >= 15 is 0 Å². The molecule has 0 atom stereocenters. The van der Waals surface area contributed by atoms with Gasteiger partial charge in [-0.15, -0.1) is 0 Å². The predicted octanol–water partition coefficient (Wildman–Crippen LogP) is 2.59. The van der Waals surface area contributed by atoms with Gasteiger partial charge in [0.1, 0.15) is 0 Å². The van der Waals surface area contributed by atoms with E-state index in [0.29, 0.717) is 12.2 Å². The lowest BCUT2D eigenvalue weighted by atomic mass is 10.1. The molecule has 1 rings (SSSR count). The summed E-state index contributed by atoms with van der Waals surface area (Å²) in [4.78, 5) is 11.5. The standard InChI is InChI=1S/C14H18O3/c1-4-17-10-13(14(15)16-3)9-12-7-5-11(2)6-8-12/h5-9H,4,10H2,1-3H3/b13-9+. The van der Waals surface area contributed by atoms with Crippen molar-refractivity contribution in [2.24, 2.45) is 0 Å². The molecule has 0 amide bonds. The SMILES string of the molecule is CCOC/C(=C\c1ccc(C)cc1)C(=O)OC. The van der Waals surface area contributed by atoms with Gasteiger partial charge in [0.15, 0.2) is 0 Å². The van der Waals surface area contributed by atoms with Crippen molar-refractivity contribution in [3.63, 3.8) is 0 Å². The molecule has 0 aliphatic heterocycles. The quantitative estimate of drug-likeness (QED) is 0.580. The normalized spacial score (nSPS) is 11.4. The van der Waals surface area contributed by atoms with Gasteiger partial charge in [0, 0.05) is 6.61 Å². The summed E-state index contributed by atoms with van der Waals surface area (Å²) in [6, 6.07) is 7.93. The Balaban J connectivity index is 2.87. The third-order valence-corrected chi connectivity index (χ3v) is 2.33. The lowest BCUT2D eigenvalue weighted by Gasteiger charge is -2.05. The fourth-order valence-corrected chi connectivity index (χ4v) is 1.37. The Kier molecular flexibility index (Phi) is 5.43. The number of esters is 1. The summed E-state index contributed by atoms with van der Waals surface area (Å²) in [5.41, 5.74) is 2.68. The Morgan fingerprint density at radius 1 is 1.29 bits per heavy atom. The van der Waals surface area contributed by atoms with Gasteiger partial charge in [-0.3, -0.25) is 0 Å². The topological polar surface area (TPSA) is 35.5 Å². The second kappa shape index (κ2) is 6.86. The molecule has 0 aliphatic carbocycles. The molecular weight excluding hydrogens is 216 g/mol. The molecule has 0 radical (unpaired) electrons. The molecule has 0 heterocycles. The first-order chi connectivity index (χ1) is 8.17. The van der Waals surface area contributed by atoms with Crippen LogP contribution in [-0.2, 0) is 14.3 Å². The van der Waals surface area contributed by atoms with E-state index in [2.05, 4.69) is 0 Å². The minimum Gasteiger partial charge on any atom is -0.466 e. The smallest absolute Gasteiger partial charge is 0.336 e. The van der Waals surface area contributed by atoms with Crippen LogP contribution < -0.4 is 0 Å². The molecule has 0 aliphatic rings. The van der Waals surface area contributed by atoms with Crippen LogP contribution in [-0.4, -0.2) is 26.3 Å². The molecule has 0 spiro atoms. The summed E-state index contributed by atoms with van der Waals surface area (Å²) in [7, 11) is 1.37. The first-order valence-corrected chi connectivity index (χ1v) is 5.60. The van der Waals surface area contributed by atoms with Crippen molar-refractivity contribution in [2.45, 2.75) is 13.8 Å². The van der Waals surface area contributed by atoms with E-state index in [4.69, 9.17) is 9.47 Å². The zero-order valence-corrected chi connectivity index (χ0v) is 10.5. The van der Waals surface area contributed by atoms with Crippen LogP contribution in [0.3, 0.4) is 0 Å². The van der Waals surface area contributed by atoms with E-state index in [0.717, 1.165) is 5.56 Å². The Labute approximate surface area is 102 Å². The van der Waals surface area contributed by atoms with Gasteiger partial charge in [-0.2, -0.15) is 0 Å². The maximum atomic E-state index is 11.5. The van der Waals surface area contributed by atoms with Crippen molar-refractivity contribution in [1.82, 2.24) is 0 Å². The highest BCUT2D eigenvalue weighted by molar-refractivity contribution is 5.93. The Bertz CT molecular complexity index is 390. The van der Waals surface area contributed by atoms with E-state index in [-0.39, 0.29) is 12.6 Å². The zero-order chi connectivity index (χ0) is 12.7. The number of rotatable bonds is 5. The first kappa shape index (κ1) is 13.5. The minimum absolute atomic E-state index is 0.275. The molecule has 0 N–H and O–H groups in total. The number of methoxy groups -OCH3 is 1. The van der Waals surface area contributed by atoms with Crippen molar-refractivity contribution in [3.05, 3.63) is 41.0 Å². The molecular formula is C14H18O3. The van der Waals surface area contributed by atoms with Gasteiger partial charge in [0.25, 0.3) is 0 Å². The predicted molar refractivity (Wildman–Crippen MR) is 67.7 cm³/mol. The van der Waals surface area contributed by atoms with Crippen molar-refractivity contribution >= 4 is 12.0 Å². The molecule has 0 saturated heterocycles. The van der Waals surface area contributed by atoms with Crippen LogP contribution in [0, 0.1) is 6.92 Å². The van der Waals surface area contributed by atoms with Crippen molar-refractivity contribution in [1.29, 1.82) is 0 Å². The average Bonchev–Trinajstić information content (AvgIpc) is 2.36. The van der Waals surface area contributed by atoms with E-state index in [1.165, 1.54) is 12.7 Å². The molecule has 0 saturated carbocycles. The monoisotopic (exact) mass is 234 g/mol. The number of aryl methyl sites for hydroxylation is 1. The van der Waals surface area contributed by atoms with Crippen molar-refractivity contribution in [2.75, 3.05) is 20.3 Å². The minimum atomic E-state index is -0.348. The van der Waals surface area contributed by atoms with Gasteiger partial charge >= 0.3 is 5.97 Å². The summed E-state index contributed by atoms with van der Waals surface area (Å²) in [5.74, 6) is -0.348. The fraction of sp³-hybridized carbons (Fsp3) is 0.357. The molecule has 1 aromatic rings. The number of carbonyl (C=O) groups is 1. The van der Waals surface area contributed by atoms with E-state index in [1.807, 2.05) is 38.1 Å². The maximum Gasteiger partial charge on any atom is 0.336 e. The van der Waals surface area contributed by atoms with Gasteiger partial charge in [-0.1, -0.05) is 29.8 Å². The van der Waals surface area contributed by atoms with Gasteiger partial charge in [0.05, 0.1) is 19.3 Å². The van der Waals surface area contributed by atoms with Crippen molar-refractivity contribution in [3.8, 4) is 0 Å². The molecule has 3 nitrogen and oxygen atoms in total. The Hall–Kier alpha value is -1.61. The van der Waals surface area contributed by atoms with Crippen molar-refractivity contribution < 1.29 is 14.3 Å². The van der Waals surface area contributed by atoms with Crippen LogP contribution in [0.15, 0.2) is 29.8 Å². The van der Waals surface area contributed by atoms with E-state index < -0.39 is 0 Å².